The highest BCUT2D eigenvalue weighted by Gasteiger charge is 2.10. The Labute approximate surface area is 136 Å². The first-order valence-corrected chi connectivity index (χ1v) is 9.06. The quantitative estimate of drug-likeness (QED) is 0.342. The number of carbonyl (C=O) groups excluding carboxylic acids is 1. The molecule has 4 heteroatoms. The summed E-state index contributed by atoms with van der Waals surface area (Å²) in [5, 5.41) is 9.81. The van der Waals surface area contributed by atoms with E-state index in [0.717, 1.165) is 38.5 Å². The van der Waals surface area contributed by atoms with E-state index in [1.54, 1.807) is 0 Å². The molecule has 0 fully saturated rings. The summed E-state index contributed by atoms with van der Waals surface area (Å²) in [6.45, 7) is 7.32. The van der Waals surface area contributed by atoms with Crippen molar-refractivity contribution in [3.63, 3.8) is 0 Å². The van der Waals surface area contributed by atoms with E-state index in [2.05, 4.69) is 6.92 Å². The Morgan fingerprint density at radius 3 is 1.95 bits per heavy atom. The predicted molar refractivity (Wildman–Crippen MR) is 89.9 cm³/mol. The molecule has 0 aliphatic carbocycles. The van der Waals surface area contributed by atoms with Gasteiger partial charge in [-0.3, -0.25) is 4.79 Å². The van der Waals surface area contributed by atoms with Crippen LogP contribution in [-0.2, 0) is 14.3 Å². The zero-order valence-electron chi connectivity index (χ0n) is 14.8. The highest BCUT2D eigenvalue weighted by Crippen LogP contribution is 2.12. The molecule has 0 aliphatic heterocycles. The number of aliphatic hydroxyl groups is 1. The van der Waals surface area contributed by atoms with Crippen LogP contribution in [0.2, 0.25) is 0 Å². The topological polar surface area (TPSA) is 55.8 Å². The maximum atomic E-state index is 11.8. The Hall–Kier alpha value is -0.450. The number of unbranched alkanes of at least 4 members (excludes halogenated alkanes) is 2. The average molecular weight is 316 g/mol. The summed E-state index contributed by atoms with van der Waals surface area (Å²) in [6, 6.07) is 0. The number of carbonyl (C=O) groups is 1. The van der Waals surface area contributed by atoms with Gasteiger partial charge in [0.2, 0.25) is 0 Å². The minimum atomic E-state index is -0.236. The van der Waals surface area contributed by atoms with Crippen LogP contribution in [0.1, 0.15) is 85.0 Å². The van der Waals surface area contributed by atoms with Crippen molar-refractivity contribution in [3.05, 3.63) is 0 Å². The predicted octanol–water partition coefficient (Wildman–Crippen LogP) is 4.24. The molecular weight excluding hydrogens is 280 g/mol. The molecule has 0 aliphatic rings. The molecule has 0 amide bonds. The molecule has 4 nitrogen and oxygen atoms in total. The first-order valence-electron chi connectivity index (χ1n) is 9.06. The van der Waals surface area contributed by atoms with Crippen molar-refractivity contribution in [2.45, 2.75) is 97.4 Å². The monoisotopic (exact) mass is 316 g/mol. The molecule has 0 saturated heterocycles. The van der Waals surface area contributed by atoms with Crippen LogP contribution in [0.3, 0.4) is 0 Å². The largest absolute Gasteiger partial charge is 0.393 e. The first-order chi connectivity index (χ1) is 10.6. The van der Waals surface area contributed by atoms with Crippen molar-refractivity contribution >= 4 is 5.78 Å². The lowest BCUT2D eigenvalue weighted by atomic mass is 10.0. The van der Waals surface area contributed by atoms with Crippen molar-refractivity contribution in [3.8, 4) is 0 Å². The third-order valence-electron chi connectivity index (χ3n) is 3.73. The molecule has 0 aromatic heterocycles. The number of ether oxygens (including phenoxy) is 2. The number of aliphatic hydroxyl groups excluding tert-OH is 1. The lowest BCUT2D eigenvalue weighted by Gasteiger charge is -2.16. The number of Topliss-reactive ketones (excluding diaryl/α,β-unsaturated/α-hetero) is 1. The van der Waals surface area contributed by atoms with Gasteiger partial charge in [0.15, 0.2) is 6.29 Å². The lowest BCUT2D eigenvalue weighted by Crippen LogP contribution is -2.17. The van der Waals surface area contributed by atoms with Gasteiger partial charge in [-0.05, 0) is 46.0 Å². The summed E-state index contributed by atoms with van der Waals surface area (Å²) in [5.74, 6) is 0.285. The highest BCUT2D eigenvalue weighted by molar-refractivity contribution is 5.78. The van der Waals surface area contributed by atoms with Crippen LogP contribution in [0.15, 0.2) is 0 Å². The van der Waals surface area contributed by atoms with E-state index in [1.165, 1.54) is 12.8 Å². The molecule has 0 saturated carbocycles. The fraction of sp³-hybridized carbons (Fsp3) is 0.944. The van der Waals surface area contributed by atoms with Gasteiger partial charge in [0.1, 0.15) is 5.78 Å². The average Bonchev–Trinajstić information content (AvgIpc) is 2.48. The van der Waals surface area contributed by atoms with Crippen LogP contribution in [-0.4, -0.2) is 36.5 Å². The molecule has 132 valence electrons. The highest BCUT2D eigenvalue weighted by atomic mass is 16.7. The molecule has 1 atom stereocenters. The van der Waals surface area contributed by atoms with Crippen LogP contribution < -0.4 is 0 Å². The van der Waals surface area contributed by atoms with E-state index >= 15 is 0 Å². The normalized spacial score (nSPS) is 12.8. The van der Waals surface area contributed by atoms with Gasteiger partial charge in [0.25, 0.3) is 0 Å². The second kappa shape index (κ2) is 15.4. The van der Waals surface area contributed by atoms with Gasteiger partial charge in [-0.2, -0.15) is 0 Å². The fourth-order valence-corrected chi connectivity index (χ4v) is 2.49. The van der Waals surface area contributed by atoms with Gasteiger partial charge in [-0.15, -0.1) is 0 Å². The van der Waals surface area contributed by atoms with Gasteiger partial charge in [-0.1, -0.05) is 26.2 Å². The molecule has 0 unspecified atom stereocenters. The van der Waals surface area contributed by atoms with Gasteiger partial charge >= 0.3 is 0 Å². The molecule has 0 rings (SSSR count). The molecule has 0 aromatic carbocycles. The van der Waals surface area contributed by atoms with E-state index in [4.69, 9.17) is 9.47 Å². The molecule has 22 heavy (non-hydrogen) atoms. The summed E-state index contributed by atoms with van der Waals surface area (Å²) >= 11 is 0. The third-order valence-corrected chi connectivity index (χ3v) is 3.73. The second-order valence-corrected chi connectivity index (χ2v) is 5.81. The lowest BCUT2D eigenvalue weighted by molar-refractivity contribution is -0.141. The number of rotatable bonds is 16. The van der Waals surface area contributed by atoms with Crippen molar-refractivity contribution in [1.82, 2.24) is 0 Å². The van der Waals surface area contributed by atoms with E-state index in [9.17, 15) is 9.90 Å². The molecular formula is C18H36O4. The Morgan fingerprint density at radius 1 is 0.864 bits per heavy atom. The van der Waals surface area contributed by atoms with Gasteiger partial charge in [0, 0.05) is 26.1 Å². The summed E-state index contributed by atoms with van der Waals surface area (Å²) < 4.78 is 10.9. The van der Waals surface area contributed by atoms with Crippen molar-refractivity contribution in [2.24, 2.45) is 0 Å². The van der Waals surface area contributed by atoms with E-state index in [1.807, 2.05) is 13.8 Å². The van der Waals surface area contributed by atoms with E-state index in [-0.39, 0.29) is 18.2 Å². The SMILES string of the molecule is CCCCC[C@H](O)CCCC(=O)CCCC(OCC)OCC. The number of ketones is 1. The molecule has 0 bridgehead atoms. The minimum Gasteiger partial charge on any atom is -0.393 e. The second-order valence-electron chi connectivity index (χ2n) is 5.81. The maximum absolute atomic E-state index is 11.8. The summed E-state index contributed by atoms with van der Waals surface area (Å²) in [6.07, 6.45) is 8.18. The summed E-state index contributed by atoms with van der Waals surface area (Å²) in [4.78, 5) is 11.8. The van der Waals surface area contributed by atoms with Crippen LogP contribution >= 0.6 is 0 Å². The number of hydrogen-bond donors (Lipinski definition) is 1. The fourth-order valence-electron chi connectivity index (χ4n) is 2.49. The van der Waals surface area contributed by atoms with Crippen LogP contribution in [0.25, 0.3) is 0 Å². The minimum absolute atomic E-state index is 0.178. The maximum Gasteiger partial charge on any atom is 0.157 e. The van der Waals surface area contributed by atoms with Crippen molar-refractivity contribution < 1.29 is 19.4 Å². The first kappa shape index (κ1) is 21.6. The standard InChI is InChI=1S/C18H36O4/c1-4-7-8-11-16(19)12-9-13-17(20)14-10-15-18(21-5-2)22-6-3/h16,18-19H,4-15H2,1-3H3/t16-/m0/s1. The van der Waals surface area contributed by atoms with Crippen molar-refractivity contribution in [2.75, 3.05) is 13.2 Å². The molecule has 0 spiro atoms. The van der Waals surface area contributed by atoms with Crippen LogP contribution in [0.5, 0.6) is 0 Å². The van der Waals surface area contributed by atoms with E-state index in [0.29, 0.717) is 26.1 Å². The van der Waals surface area contributed by atoms with E-state index < -0.39 is 0 Å². The molecule has 0 heterocycles. The summed E-state index contributed by atoms with van der Waals surface area (Å²) in [5.41, 5.74) is 0. The molecule has 0 aromatic rings. The zero-order chi connectivity index (χ0) is 16.6. The Kier molecular flexibility index (Phi) is 15.1. The van der Waals surface area contributed by atoms with Crippen molar-refractivity contribution in [1.29, 1.82) is 0 Å². The zero-order valence-corrected chi connectivity index (χ0v) is 14.8. The van der Waals surface area contributed by atoms with Crippen LogP contribution in [0, 0.1) is 0 Å². The van der Waals surface area contributed by atoms with Gasteiger partial charge in [0.05, 0.1) is 6.10 Å². The Bertz CT molecular complexity index is 249. The Morgan fingerprint density at radius 2 is 1.41 bits per heavy atom. The molecule has 1 N–H and O–H groups in total. The smallest absolute Gasteiger partial charge is 0.157 e. The summed E-state index contributed by atoms with van der Waals surface area (Å²) in [7, 11) is 0. The Balaban J connectivity index is 3.60. The van der Waals surface area contributed by atoms with Gasteiger partial charge in [-0.25, -0.2) is 0 Å². The van der Waals surface area contributed by atoms with Crippen LogP contribution in [0.4, 0.5) is 0 Å². The molecule has 0 radical (unpaired) electrons. The van der Waals surface area contributed by atoms with Gasteiger partial charge < -0.3 is 14.6 Å². The third kappa shape index (κ3) is 13.2. The number of hydrogen-bond acceptors (Lipinski definition) is 4.